The Morgan fingerprint density at radius 3 is 2.72 bits per heavy atom. The van der Waals surface area contributed by atoms with Crippen LogP contribution in [0.1, 0.15) is 50.7 Å². The molecular formula is C17H31IN6S. The smallest absolute Gasteiger partial charge is 0.191 e. The quantitative estimate of drug-likeness (QED) is 0.396. The predicted molar refractivity (Wildman–Crippen MR) is 116 cm³/mol. The maximum absolute atomic E-state index is 4.42. The third-order valence-electron chi connectivity index (χ3n) is 4.96. The van der Waals surface area contributed by atoms with E-state index in [4.69, 9.17) is 0 Å². The molecule has 0 bridgehead atoms. The predicted octanol–water partition coefficient (Wildman–Crippen LogP) is 2.64. The second kappa shape index (κ2) is 9.99. The standard InChI is InChI=1S/C17H30N6S.HI/c1-12(2)16-22-21-15-5-4-14(11-23(15)16)20-17(18-3)19-10-13-6-8-24-9-7-13;/h12-14H,4-11H2,1-3H3,(H2,18,19,20);1H. The first-order valence-electron chi connectivity index (χ1n) is 9.14. The Morgan fingerprint density at radius 2 is 2.04 bits per heavy atom. The third kappa shape index (κ3) is 5.48. The van der Waals surface area contributed by atoms with Crippen LogP contribution in [0.5, 0.6) is 0 Å². The van der Waals surface area contributed by atoms with Crippen LogP contribution >= 0.6 is 35.7 Å². The zero-order chi connectivity index (χ0) is 16.9. The normalized spacial score (nSPS) is 21.6. The first-order valence-corrected chi connectivity index (χ1v) is 10.3. The zero-order valence-electron chi connectivity index (χ0n) is 15.5. The molecule has 8 heteroatoms. The van der Waals surface area contributed by atoms with E-state index in [1.165, 1.54) is 24.3 Å². The summed E-state index contributed by atoms with van der Waals surface area (Å²) in [5, 5.41) is 15.8. The van der Waals surface area contributed by atoms with Gasteiger partial charge in [0, 0.05) is 38.5 Å². The lowest BCUT2D eigenvalue weighted by atomic mass is 10.0. The molecule has 3 rings (SSSR count). The molecule has 0 amide bonds. The molecule has 3 heterocycles. The summed E-state index contributed by atoms with van der Waals surface area (Å²) in [6.07, 6.45) is 4.70. The van der Waals surface area contributed by atoms with E-state index in [0.29, 0.717) is 12.0 Å². The minimum absolute atomic E-state index is 0. The lowest BCUT2D eigenvalue weighted by Crippen LogP contribution is -2.48. The van der Waals surface area contributed by atoms with Crippen molar-refractivity contribution >= 4 is 41.7 Å². The van der Waals surface area contributed by atoms with E-state index in [0.717, 1.165) is 49.5 Å². The summed E-state index contributed by atoms with van der Waals surface area (Å²) in [6, 6.07) is 0.388. The highest BCUT2D eigenvalue weighted by molar-refractivity contribution is 14.0. The molecule has 0 saturated carbocycles. The van der Waals surface area contributed by atoms with Crippen molar-refractivity contribution in [2.24, 2.45) is 10.9 Å². The number of aliphatic imine (C=N–C) groups is 1. The fourth-order valence-corrected chi connectivity index (χ4v) is 4.68. The summed E-state index contributed by atoms with van der Waals surface area (Å²) in [5.74, 6) is 6.95. The number of nitrogens with one attached hydrogen (secondary N) is 2. The maximum Gasteiger partial charge on any atom is 0.191 e. The number of halogens is 1. The molecule has 142 valence electrons. The molecule has 0 spiro atoms. The molecule has 1 unspecified atom stereocenters. The minimum Gasteiger partial charge on any atom is -0.356 e. The molecule has 1 aromatic rings. The van der Waals surface area contributed by atoms with Crippen LogP contribution in [-0.2, 0) is 13.0 Å². The first kappa shape index (κ1) is 20.8. The summed E-state index contributed by atoms with van der Waals surface area (Å²) >= 11 is 2.08. The Kier molecular flexibility index (Phi) is 8.31. The van der Waals surface area contributed by atoms with Crippen molar-refractivity contribution in [3.63, 3.8) is 0 Å². The van der Waals surface area contributed by atoms with Gasteiger partial charge in [0.05, 0.1) is 0 Å². The lowest BCUT2D eigenvalue weighted by molar-refractivity contribution is 0.404. The summed E-state index contributed by atoms with van der Waals surface area (Å²) in [5.41, 5.74) is 0. The maximum atomic E-state index is 4.42. The van der Waals surface area contributed by atoms with E-state index >= 15 is 0 Å². The van der Waals surface area contributed by atoms with Crippen LogP contribution in [0.3, 0.4) is 0 Å². The van der Waals surface area contributed by atoms with Gasteiger partial charge in [-0.25, -0.2) is 0 Å². The summed E-state index contributed by atoms with van der Waals surface area (Å²) < 4.78 is 2.29. The van der Waals surface area contributed by atoms with E-state index in [1.54, 1.807) is 0 Å². The van der Waals surface area contributed by atoms with Gasteiger partial charge in [0.2, 0.25) is 0 Å². The van der Waals surface area contributed by atoms with Crippen molar-refractivity contribution in [1.82, 2.24) is 25.4 Å². The van der Waals surface area contributed by atoms with Gasteiger partial charge in [0.15, 0.2) is 5.96 Å². The molecular weight excluding hydrogens is 447 g/mol. The molecule has 1 aromatic heterocycles. The number of fused-ring (bicyclic) bond motifs is 1. The summed E-state index contributed by atoms with van der Waals surface area (Å²) in [7, 11) is 1.86. The molecule has 1 atom stereocenters. The van der Waals surface area contributed by atoms with Crippen LogP contribution in [0.4, 0.5) is 0 Å². The summed E-state index contributed by atoms with van der Waals surface area (Å²) in [4.78, 5) is 4.42. The average Bonchev–Trinajstić information content (AvgIpc) is 3.03. The molecule has 1 fully saturated rings. The van der Waals surface area contributed by atoms with Crippen molar-refractivity contribution in [2.45, 2.75) is 58.0 Å². The van der Waals surface area contributed by atoms with E-state index in [9.17, 15) is 0 Å². The monoisotopic (exact) mass is 478 g/mol. The Labute approximate surface area is 172 Å². The molecule has 0 aromatic carbocycles. The van der Waals surface area contributed by atoms with Gasteiger partial charge in [-0.05, 0) is 36.7 Å². The number of guanidine groups is 1. The van der Waals surface area contributed by atoms with Crippen molar-refractivity contribution in [2.75, 3.05) is 25.1 Å². The van der Waals surface area contributed by atoms with Crippen LogP contribution in [-0.4, -0.2) is 51.9 Å². The summed E-state index contributed by atoms with van der Waals surface area (Å²) in [6.45, 7) is 6.31. The molecule has 25 heavy (non-hydrogen) atoms. The molecule has 1 saturated heterocycles. The lowest BCUT2D eigenvalue weighted by Gasteiger charge is -2.28. The zero-order valence-corrected chi connectivity index (χ0v) is 18.6. The van der Waals surface area contributed by atoms with Gasteiger partial charge in [0.25, 0.3) is 0 Å². The number of hydrogen-bond donors (Lipinski definition) is 2. The van der Waals surface area contributed by atoms with Gasteiger partial charge in [-0.1, -0.05) is 13.8 Å². The SMILES string of the molecule is CN=C(NCC1CCSCC1)NC1CCc2nnc(C(C)C)n2C1.I. The number of hydrogen-bond acceptors (Lipinski definition) is 4. The fourth-order valence-electron chi connectivity index (χ4n) is 3.47. The van der Waals surface area contributed by atoms with E-state index in [-0.39, 0.29) is 24.0 Å². The Morgan fingerprint density at radius 1 is 1.28 bits per heavy atom. The van der Waals surface area contributed by atoms with E-state index in [1.807, 2.05) is 7.05 Å². The molecule has 0 radical (unpaired) electrons. The van der Waals surface area contributed by atoms with Gasteiger partial charge in [0.1, 0.15) is 11.6 Å². The molecule has 0 aliphatic carbocycles. The van der Waals surface area contributed by atoms with Gasteiger partial charge in [-0.3, -0.25) is 4.99 Å². The topological polar surface area (TPSA) is 67.1 Å². The van der Waals surface area contributed by atoms with E-state index < -0.39 is 0 Å². The Balaban J connectivity index is 0.00000225. The van der Waals surface area contributed by atoms with Crippen molar-refractivity contribution in [1.29, 1.82) is 0 Å². The minimum atomic E-state index is 0. The number of aromatic nitrogens is 3. The van der Waals surface area contributed by atoms with Crippen molar-refractivity contribution in [3.05, 3.63) is 11.6 Å². The molecule has 2 N–H and O–H groups in total. The highest BCUT2D eigenvalue weighted by atomic mass is 127. The highest BCUT2D eigenvalue weighted by Gasteiger charge is 2.24. The largest absolute Gasteiger partial charge is 0.356 e. The van der Waals surface area contributed by atoms with Crippen LogP contribution in [0, 0.1) is 5.92 Å². The number of rotatable bonds is 4. The Bertz CT molecular complexity index is 567. The van der Waals surface area contributed by atoms with Crippen LogP contribution in [0.2, 0.25) is 0 Å². The second-order valence-corrected chi connectivity index (χ2v) is 8.35. The molecule has 2 aliphatic rings. The van der Waals surface area contributed by atoms with Crippen LogP contribution < -0.4 is 10.6 Å². The first-order chi connectivity index (χ1) is 11.7. The number of aryl methyl sites for hydroxylation is 1. The van der Waals surface area contributed by atoms with Gasteiger partial charge in [-0.15, -0.1) is 34.2 Å². The van der Waals surface area contributed by atoms with Crippen molar-refractivity contribution in [3.8, 4) is 0 Å². The van der Waals surface area contributed by atoms with Gasteiger partial charge < -0.3 is 15.2 Å². The van der Waals surface area contributed by atoms with Gasteiger partial charge >= 0.3 is 0 Å². The second-order valence-electron chi connectivity index (χ2n) is 7.13. The number of thioether (sulfide) groups is 1. The number of nitrogens with zero attached hydrogens (tertiary/aromatic N) is 4. The highest BCUT2D eigenvalue weighted by Crippen LogP contribution is 2.22. The molecule has 2 aliphatic heterocycles. The van der Waals surface area contributed by atoms with Gasteiger partial charge in [-0.2, -0.15) is 11.8 Å². The van der Waals surface area contributed by atoms with E-state index in [2.05, 4.69) is 56.0 Å². The average molecular weight is 478 g/mol. The molecule has 6 nitrogen and oxygen atoms in total. The van der Waals surface area contributed by atoms with Crippen LogP contribution in [0.25, 0.3) is 0 Å². The Hall–Kier alpha value is -0.510. The van der Waals surface area contributed by atoms with Crippen LogP contribution in [0.15, 0.2) is 4.99 Å². The fraction of sp³-hybridized carbons (Fsp3) is 0.824. The van der Waals surface area contributed by atoms with Crippen molar-refractivity contribution < 1.29 is 0 Å². The third-order valence-corrected chi connectivity index (χ3v) is 6.00.